The third-order valence-corrected chi connectivity index (χ3v) is 6.26. The van der Waals surface area contributed by atoms with E-state index in [0.29, 0.717) is 145 Å². The number of esters is 1. The normalized spacial score (nSPS) is 11.7. The van der Waals surface area contributed by atoms with E-state index in [-0.39, 0.29) is 11.9 Å². The Bertz CT molecular complexity index is 698. The molecule has 0 aromatic carbocycles. The number of nitrogens with one attached hydrogen (secondary N) is 1. The van der Waals surface area contributed by atoms with E-state index in [2.05, 4.69) is 5.32 Å². The molecule has 0 aliphatic rings. The molecule has 0 saturated carbocycles. The third-order valence-electron chi connectivity index (χ3n) is 6.26. The van der Waals surface area contributed by atoms with E-state index >= 15 is 0 Å². The molecule has 0 saturated heterocycles. The first-order valence-corrected chi connectivity index (χ1v) is 17.7. The SMILES string of the molecule is CC(C)(C)OC(=O)CCCCCCCCC(=O)NCCOCCOCCOCCOCCOCCOCCOCCOCCOCCN. The molecule has 0 radical (unpaired) electrons. The maximum Gasteiger partial charge on any atom is 0.306 e. The third kappa shape index (κ3) is 40.7. The standard InChI is InChI=1S/C34H68N2O12/c1-34(2,3)48-33(38)11-9-7-5-4-6-8-10-32(37)36-13-15-40-17-19-42-21-23-44-25-27-46-29-31-47-30-28-45-26-24-43-22-20-41-18-16-39-14-12-35/h4-31,35H2,1-3H3,(H,36,37). The average Bonchev–Trinajstić information content (AvgIpc) is 3.04. The molecular formula is C34H68N2O12. The molecule has 0 spiro atoms. The van der Waals surface area contributed by atoms with Crippen molar-refractivity contribution in [1.29, 1.82) is 0 Å². The second kappa shape index (κ2) is 36.8. The van der Waals surface area contributed by atoms with Gasteiger partial charge in [0.2, 0.25) is 5.91 Å². The monoisotopic (exact) mass is 696 g/mol. The van der Waals surface area contributed by atoms with E-state index < -0.39 is 5.60 Å². The van der Waals surface area contributed by atoms with Gasteiger partial charge in [-0.3, -0.25) is 9.59 Å². The highest BCUT2D eigenvalue weighted by atomic mass is 16.6. The predicted molar refractivity (Wildman–Crippen MR) is 182 cm³/mol. The lowest BCUT2D eigenvalue weighted by Gasteiger charge is -2.19. The molecule has 0 bridgehead atoms. The summed E-state index contributed by atoms with van der Waals surface area (Å²) in [4.78, 5) is 23.6. The van der Waals surface area contributed by atoms with Gasteiger partial charge < -0.3 is 58.4 Å². The first-order valence-electron chi connectivity index (χ1n) is 17.7. The van der Waals surface area contributed by atoms with Gasteiger partial charge in [-0.1, -0.05) is 25.7 Å². The lowest BCUT2D eigenvalue weighted by atomic mass is 10.1. The Kier molecular flexibility index (Phi) is 35.7. The number of nitrogens with two attached hydrogens (primary N) is 1. The van der Waals surface area contributed by atoms with Crippen LogP contribution in [0.4, 0.5) is 0 Å². The number of ether oxygens (including phenoxy) is 10. The summed E-state index contributed by atoms with van der Waals surface area (Å²) in [7, 11) is 0. The molecule has 0 aliphatic heterocycles. The molecule has 0 rings (SSSR count). The maximum atomic E-state index is 11.9. The summed E-state index contributed by atoms with van der Waals surface area (Å²) in [6, 6.07) is 0. The summed E-state index contributed by atoms with van der Waals surface area (Å²) in [5, 5.41) is 2.88. The van der Waals surface area contributed by atoms with Gasteiger partial charge >= 0.3 is 5.97 Å². The van der Waals surface area contributed by atoms with E-state index in [9.17, 15) is 9.59 Å². The summed E-state index contributed by atoms with van der Waals surface area (Å²) in [5.74, 6) is -0.0775. The van der Waals surface area contributed by atoms with Crippen LogP contribution < -0.4 is 11.1 Å². The van der Waals surface area contributed by atoms with Crippen LogP contribution in [0.2, 0.25) is 0 Å². The summed E-state index contributed by atoms with van der Waals surface area (Å²) in [6.07, 6.45) is 6.88. The average molecular weight is 697 g/mol. The second-order valence-corrected chi connectivity index (χ2v) is 11.9. The highest BCUT2D eigenvalue weighted by Gasteiger charge is 2.15. The van der Waals surface area contributed by atoms with Crippen LogP contribution >= 0.6 is 0 Å². The Balaban J connectivity index is 3.18. The lowest BCUT2D eigenvalue weighted by molar-refractivity contribution is -0.154. The minimum atomic E-state index is -0.418. The lowest BCUT2D eigenvalue weighted by Crippen LogP contribution is -2.27. The van der Waals surface area contributed by atoms with Gasteiger partial charge in [0.05, 0.1) is 119 Å². The summed E-state index contributed by atoms with van der Waals surface area (Å²) in [6.45, 7) is 15.7. The van der Waals surface area contributed by atoms with E-state index in [4.69, 9.17) is 53.1 Å². The van der Waals surface area contributed by atoms with Gasteiger partial charge in [-0.05, 0) is 33.6 Å². The van der Waals surface area contributed by atoms with Crippen LogP contribution in [-0.2, 0) is 57.0 Å². The zero-order valence-electron chi connectivity index (χ0n) is 30.3. The molecule has 1 amide bonds. The van der Waals surface area contributed by atoms with E-state index in [1.807, 2.05) is 20.8 Å². The molecule has 0 fully saturated rings. The summed E-state index contributed by atoms with van der Waals surface area (Å²) in [5.41, 5.74) is 4.91. The minimum Gasteiger partial charge on any atom is -0.460 e. The zero-order valence-corrected chi connectivity index (χ0v) is 30.3. The Morgan fingerprint density at radius 2 is 0.771 bits per heavy atom. The van der Waals surface area contributed by atoms with Crippen molar-refractivity contribution in [2.24, 2.45) is 5.73 Å². The smallest absolute Gasteiger partial charge is 0.306 e. The van der Waals surface area contributed by atoms with Crippen LogP contribution in [0.3, 0.4) is 0 Å². The van der Waals surface area contributed by atoms with Gasteiger partial charge in [0.1, 0.15) is 5.60 Å². The first kappa shape index (κ1) is 46.5. The van der Waals surface area contributed by atoms with Crippen LogP contribution in [0.15, 0.2) is 0 Å². The maximum absolute atomic E-state index is 11.9. The van der Waals surface area contributed by atoms with Crippen LogP contribution in [-0.4, -0.2) is 149 Å². The van der Waals surface area contributed by atoms with Gasteiger partial charge in [-0.15, -0.1) is 0 Å². The fraction of sp³-hybridized carbons (Fsp3) is 0.941. The summed E-state index contributed by atoms with van der Waals surface area (Å²) < 4.78 is 54.1. The fourth-order valence-corrected chi connectivity index (χ4v) is 3.95. The van der Waals surface area contributed by atoms with Crippen molar-refractivity contribution >= 4 is 11.9 Å². The molecule has 0 aromatic heterocycles. The van der Waals surface area contributed by atoms with Gasteiger partial charge in [0, 0.05) is 25.9 Å². The molecule has 14 nitrogen and oxygen atoms in total. The van der Waals surface area contributed by atoms with Gasteiger partial charge in [0.15, 0.2) is 0 Å². The number of hydrogen-bond donors (Lipinski definition) is 2. The highest BCUT2D eigenvalue weighted by Crippen LogP contribution is 2.12. The molecule has 0 aromatic rings. The predicted octanol–water partition coefficient (Wildman–Crippen LogP) is 2.67. The van der Waals surface area contributed by atoms with Crippen molar-refractivity contribution in [3.05, 3.63) is 0 Å². The number of rotatable bonds is 38. The number of carbonyl (C=O) groups is 2. The molecule has 0 atom stereocenters. The first-order chi connectivity index (χ1) is 23.3. The van der Waals surface area contributed by atoms with E-state index in [1.165, 1.54) is 0 Å². The Morgan fingerprint density at radius 1 is 0.458 bits per heavy atom. The van der Waals surface area contributed by atoms with Crippen LogP contribution in [0.5, 0.6) is 0 Å². The number of carbonyl (C=O) groups excluding carboxylic acids is 2. The van der Waals surface area contributed by atoms with Crippen LogP contribution in [0.25, 0.3) is 0 Å². The Hall–Kier alpha value is -1.46. The molecule has 14 heteroatoms. The molecule has 0 aliphatic carbocycles. The van der Waals surface area contributed by atoms with Crippen molar-refractivity contribution in [1.82, 2.24) is 5.32 Å². The van der Waals surface area contributed by atoms with Crippen molar-refractivity contribution in [3.63, 3.8) is 0 Å². The van der Waals surface area contributed by atoms with Crippen molar-refractivity contribution in [3.8, 4) is 0 Å². The van der Waals surface area contributed by atoms with Crippen molar-refractivity contribution in [2.75, 3.05) is 132 Å². The Morgan fingerprint density at radius 3 is 1.12 bits per heavy atom. The zero-order chi connectivity index (χ0) is 35.2. The Labute approximate surface area is 289 Å². The summed E-state index contributed by atoms with van der Waals surface area (Å²) >= 11 is 0. The minimum absolute atomic E-state index is 0.0519. The fourth-order valence-electron chi connectivity index (χ4n) is 3.95. The van der Waals surface area contributed by atoms with Crippen molar-refractivity contribution in [2.45, 2.75) is 77.7 Å². The largest absolute Gasteiger partial charge is 0.460 e. The molecule has 286 valence electrons. The van der Waals surface area contributed by atoms with Gasteiger partial charge in [0.25, 0.3) is 0 Å². The van der Waals surface area contributed by atoms with Crippen LogP contribution in [0, 0.1) is 0 Å². The van der Waals surface area contributed by atoms with Crippen molar-refractivity contribution < 1.29 is 57.0 Å². The van der Waals surface area contributed by atoms with Gasteiger partial charge in [-0.25, -0.2) is 0 Å². The highest BCUT2D eigenvalue weighted by molar-refractivity contribution is 5.75. The van der Waals surface area contributed by atoms with Gasteiger partial charge in [-0.2, -0.15) is 0 Å². The van der Waals surface area contributed by atoms with Crippen LogP contribution in [0.1, 0.15) is 72.1 Å². The van der Waals surface area contributed by atoms with E-state index in [0.717, 1.165) is 38.5 Å². The van der Waals surface area contributed by atoms with E-state index in [1.54, 1.807) is 0 Å². The number of amides is 1. The molecule has 0 unspecified atom stereocenters. The number of unbranched alkanes of at least 4 members (excludes halogenated alkanes) is 5. The second-order valence-electron chi connectivity index (χ2n) is 11.9. The molecule has 0 heterocycles. The number of hydrogen-bond acceptors (Lipinski definition) is 13. The molecule has 48 heavy (non-hydrogen) atoms. The quantitative estimate of drug-likeness (QED) is 0.0716. The molecule has 3 N–H and O–H groups in total. The topological polar surface area (TPSA) is 164 Å². The molecular weight excluding hydrogens is 628 g/mol.